The van der Waals surface area contributed by atoms with Crippen LogP contribution in [0.25, 0.3) is 17.0 Å². The van der Waals surface area contributed by atoms with Gasteiger partial charge in [-0.25, -0.2) is 4.39 Å². The second-order valence-corrected chi connectivity index (χ2v) is 11.1. The molecule has 4 rings (SSSR count). The molecule has 1 aliphatic carbocycles. The Morgan fingerprint density at radius 1 is 1.11 bits per heavy atom. The molecule has 1 aliphatic rings. The fraction of sp³-hybridized carbons (Fsp3) is 0.394. The zero-order valence-corrected chi connectivity index (χ0v) is 22.4. The van der Waals surface area contributed by atoms with Crippen LogP contribution < -0.4 is 5.32 Å². The van der Waals surface area contributed by atoms with Gasteiger partial charge in [0.2, 0.25) is 0 Å². The number of benzene rings is 2. The first-order valence-electron chi connectivity index (χ1n) is 13.5. The summed E-state index contributed by atoms with van der Waals surface area (Å²) < 4.78 is 13.8. The Kier molecular flexibility index (Phi) is 8.44. The van der Waals surface area contributed by atoms with Gasteiger partial charge in [0.05, 0.1) is 23.0 Å². The Hall–Kier alpha value is -3.45. The predicted octanol–water partition coefficient (Wildman–Crippen LogP) is 8.06. The fourth-order valence-electron chi connectivity index (χ4n) is 5.49. The maximum atomic E-state index is 13.8. The number of rotatable bonds is 9. The van der Waals surface area contributed by atoms with Crippen LogP contribution >= 0.6 is 0 Å². The Bertz CT molecular complexity index is 1290. The molecular formula is C33H38FN3. The minimum Gasteiger partial charge on any atom is -0.385 e. The lowest BCUT2D eigenvalue weighted by molar-refractivity contribution is 0.255. The van der Waals surface area contributed by atoms with Crippen LogP contribution in [0, 0.1) is 29.0 Å². The standard InChI is InChI=1S/C33H38FN3/c1-23-10-5-6-13-27(23)22-36-24(2)29-16-17-31(30-15-8-7-12-26(30)21-35)37-32(29)33(3,4)19-18-25-11-9-14-28(34)20-25/h7-9,11-12,14-17,20,23,27,36H,2,5-6,10,13,18-19,22H2,1,3-4H3. The average Bonchev–Trinajstić information content (AvgIpc) is 2.91. The van der Waals surface area contributed by atoms with Gasteiger partial charge in [-0.05, 0) is 67.0 Å². The number of aryl methyl sites for hydroxylation is 1. The van der Waals surface area contributed by atoms with E-state index in [1.165, 1.54) is 31.7 Å². The number of nitrogens with one attached hydrogen (secondary N) is 1. The molecule has 3 aromatic rings. The lowest BCUT2D eigenvalue weighted by Crippen LogP contribution is -2.30. The highest BCUT2D eigenvalue weighted by molar-refractivity contribution is 5.71. The summed E-state index contributed by atoms with van der Waals surface area (Å²) in [7, 11) is 0. The minimum atomic E-state index is -0.304. The summed E-state index contributed by atoms with van der Waals surface area (Å²) in [5.41, 5.74) is 5.73. The van der Waals surface area contributed by atoms with Crippen LogP contribution in [0.5, 0.6) is 0 Å². The van der Waals surface area contributed by atoms with Crippen molar-refractivity contribution in [3.05, 3.63) is 95.4 Å². The van der Waals surface area contributed by atoms with E-state index >= 15 is 0 Å². The van der Waals surface area contributed by atoms with E-state index in [0.29, 0.717) is 11.5 Å². The Morgan fingerprint density at radius 3 is 2.65 bits per heavy atom. The van der Waals surface area contributed by atoms with Gasteiger partial charge in [0, 0.05) is 28.8 Å². The van der Waals surface area contributed by atoms with E-state index in [4.69, 9.17) is 4.98 Å². The molecule has 1 saturated carbocycles. The van der Waals surface area contributed by atoms with Crippen LogP contribution in [-0.4, -0.2) is 11.5 Å². The van der Waals surface area contributed by atoms with Crippen molar-refractivity contribution < 1.29 is 4.39 Å². The summed E-state index contributed by atoms with van der Waals surface area (Å²) in [6.07, 6.45) is 6.73. The first kappa shape index (κ1) is 26.6. The molecule has 2 unspecified atom stereocenters. The molecule has 2 atom stereocenters. The van der Waals surface area contributed by atoms with Crippen molar-refractivity contribution in [3.63, 3.8) is 0 Å². The Balaban J connectivity index is 1.65. The maximum Gasteiger partial charge on any atom is 0.123 e. The second-order valence-electron chi connectivity index (χ2n) is 11.1. The number of hydrogen-bond donors (Lipinski definition) is 1. The highest BCUT2D eigenvalue weighted by Crippen LogP contribution is 2.35. The van der Waals surface area contributed by atoms with Crippen molar-refractivity contribution in [2.24, 2.45) is 11.8 Å². The van der Waals surface area contributed by atoms with Crippen LogP contribution in [0.15, 0.2) is 67.2 Å². The molecule has 37 heavy (non-hydrogen) atoms. The molecule has 3 nitrogen and oxygen atoms in total. The van der Waals surface area contributed by atoms with Gasteiger partial charge in [-0.15, -0.1) is 0 Å². The third kappa shape index (κ3) is 6.46. The van der Waals surface area contributed by atoms with E-state index in [1.54, 1.807) is 12.1 Å². The van der Waals surface area contributed by atoms with Gasteiger partial charge in [0.25, 0.3) is 0 Å². The molecule has 1 aromatic heterocycles. The number of nitriles is 1. The zero-order chi connectivity index (χ0) is 26.4. The number of nitrogens with zero attached hydrogens (tertiary/aromatic N) is 2. The third-order valence-electron chi connectivity index (χ3n) is 7.98. The quantitative estimate of drug-likeness (QED) is 0.327. The summed E-state index contributed by atoms with van der Waals surface area (Å²) in [6.45, 7) is 12.1. The monoisotopic (exact) mass is 495 g/mol. The predicted molar refractivity (Wildman–Crippen MR) is 150 cm³/mol. The van der Waals surface area contributed by atoms with Crippen LogP contribution in [0.3, 0.4) is 0 Å². The molecule has 192 valence electrons. The highest BCUT2D eigenvalue weighted by Gasteiger charge is 2.28. The Labute approximate surface area is 221 Å². The molecule has 0 saturated heterocycles. The molecule has 2 aromatic carbocycles. The van der Waals surface area contributed by atoms with E-state index in [0.717, 1.165) is 59.1 Å². The van der Waals surface area contributed by atoms with Gasteiger partial charge >= 0.3 is 0 Å². The van der Waals surface area contributed by atoms with Crippen LogP contribution in [-0.2, 0) is 11.8 Å². The summed E-state index contributed by atoms with van der Waals surface area (Å²) in [4.78, 5) is 5.16. The molecule has 1 N–H and O–H groups in total. The molecule has 0 aliphatic heterocycles. The summed E-state index contributed by atoms with van der Waals surface area (Å²) >= 11 is 0. The highest BCUT2D eigenvalue weighted by atomic mass is 19.1. The smallest absolute Gasteiger partial charge is 0.123 e. The molecule has 0 spiro atoms. The number of hydrogen-bond acceptors (Lipinski definition) is 3. The maximum absolute atomic E-state index is 13.8. The van der Waals surface area contributed by atoms with Gasteiger partial charge in [-0.1, -0.05) is 76.9 Å². The van der Waals surface area contributed by atoms with Crippen molar-refractivity contribution in [3.8, 4) is 17.3 Å². The van der Waals surface area contributed by atoms with Crippen molar-refractivity contribution in [2.45, 2.75) is 64.7 Å². The van der Waals surface area contributed by atoms with Crippen molar-refractivity contribution >= 4 is 5.70 Å². The van der Waals surface area contributed by atoms with Crippen molar-refractivity contribution in [1.29, 1.82) is 5.26 Å². The number of halogens is 1. The SMILES string of the molecule is C=C(NCC1CCCCC1C)c1ccc(-c2ccccc2C#N)nc1C(C)(C)CCc1cccc(F)c1. The van der Waals surface area contributed by atoms with Crippen molar-refractivity contribution in [1.82, 2.24) is 10.3 Å². The van der Waals surface area contributed by atoms with Crippen LogP contribution in [0.4, 0.5) is 4.39 Å². The third-order valence-corrected chi connectivity index (χ3v) is 7.98. The van der Waals surface area contributed by atoms with Crippen molar-refractivity contribution in [2.75, 3.05) is 6.54 Å². The van der Waals surface area contributed by atoms with Gasteiger partial charge in [-0.3, -0.25) is 4.98 Å². The first-order valence-corrected chi connectivity index (χ1v) is 13.5. The number of pyridine rings is 1. The van der Waals surface area contributed by atoms with Crippen LogP contribution in [0.1, 0.15) is 75.3 Å². The molecule has 1 fully saturated rings. The summed E-state index contributed by atoms with van der Waals surface area (Å²) in [5.74, 6) is 1.17. The largest absolute Gasteiger partial charge is 0.385 e. The normalized spacial score (nSPS) is 17.7. The van der Waals surface area contributed by atoms with E-state index in [2.05, 4.69) is 44.8 Å². The molecule has 1 heterocycles. The zero-order valence-electron chi connectivity index (χ0n) is 22.4. The van der Waals surface area contributed by atoms with E-state index in [-0.39, 0.29) is 11.2 Å². The van der Waals surface area contributed by atoms with Crippen LogP contribution in [0.2, 0.25) is 0 Å². The molecule has 0 bridgehead atoms. The second kappa shape index (κ2) is 11.7. The van der Waals surface area contributed by atoms with E-state index in [1.807, 2.05) is 36.4 Å². The fourth-order valence-corrected chi connectivity index (χ4v) is 5.49. The van der Waals surface area contributed by atoms with Gasteiger partial charge in [-0.2, -0.15) is 5.26 Å². The summed E-state index contributed by atoms with van der Waals surface area (Å²) in [6, 6.07) is 20.8. The molecule has 0 amide bonds. The van der Waals surface area contributed by atoms with E-state index < -0.39 is 0 Å². The number of aromatic nitrogens is 1. The minimum absolute atomic E-state index is 0.209. The first-order chi connectivity index (χ1) is 17.8. The van der Waals surface area contributed by atoms with Gasteiger partial charge in [0.15, 0.2) is 0 Å². The van der Waals surface area contributed by atoms with Gasteiger partial charge < -0.3 is 5.32 Å². The molecule has 4 heteroatoms. The summed E-state index contributed by atoms with van der Waals surface area (Å²) in [5, 5.41) is 13.3. The molecular weight excluding hydrogens is 457 g/mol. The molecule has 0 radical (unpaired) electrons. The van der Waals surface area contributed by atoms with Gasteiger partial charge in [0.1, 0.15) is 5.82 Å². The lowest BCUT2D eigenvalue weighted by atomic mass is 9.79. The lowest BCUT2D eigenvalue weighted by Gasteiger charge is -2.31. The van der Waals surface area contributed by atoms with E-state index in [9.17, 15) is 9.65 Å². The average molecular weight is 496 g/mol. The Morgan fingerprint density at radius 2 is 1.89 bits per heavy atom. The topological polar surface area (TPSA) is 48.7 Å².